The summed E-state index contributed by atoms with van der Waals surface area (Å²) in [5.74, 6) is 2.44. The van der Waals surface area contributed by atoms with Gasteiger partial charge in [-0.1, -0.05) is 0 Å². The second-order valence-corrected chi connectivity index (χ2v) is 1.93. The normalized spacial score (nSPS) is 8.50. The van der Waals surface area contributed by atoms with Crippen molar-refractivity contribution in [2.24, 2.45) is 4.99 Å². The van der Waals surface area contributed by atoms with E-state index in [9.17, 15) is 0 Å². The highest BCUT2D eigenvalue weighted by molar-refractivity contribution is 5.54. The van der Waals surface area contributed by atoms with Crippen molar-refractivity contribution in [2.75, 3.05) is 0 Å². The highest BCUT2D eigenvalue weighted by Crippen LogP contribution is 2.07. The Morgan fingerprint density at radius 3 is 2.90 bits per heavy atom. The Morgan fingerprint density at radius 1 is 1.60 bits per heavy atom. The first-order valence-corrected chi connectivity index (χ1v) is 2.98. The topological polar surface area (TPSA) is 25.2 Å². The first-order chi connectivity index (χ1) is 4.83. The maximum atomic E-state index is 4.04. The third-order valence-corrected chi connectivity index (χ3v) is 1.10. The molecule has 0 aliphatic heterocycles. The number of hydrogen-bond acceptors (Lipinski definition) is 2. The van der Waals surface area contributed by atoms with Crippen LogP contribution >= 0.6 is 0 Å². The number of aliphatic imine (C=N–C) groups is 1. The van der Waals surface area contributed by atoms with E-state index < -0.39 is 0 Å². The van der Waals surface area contributed by atoms with Gasteiger partial charge >= 0.3 is 0 Å². The Hall–Kier alpha value is -1.40. The van der Waals surface area contributed by atoms with E-state index in [2.05, 4.69) is 22.4 Å². The minimum Gasteiger partial charge on any atom is -0.259 e. The summed E-state index contributed by atoms with van der Waals surface area (Å²) in [5, 5.41) is 0. The van der Waals surface area contributed by atoms with Crippen LogP contribution in [0.25, 0.3) is 0 Å². The van der Waals surface area contributed by atoms with Gasteiger partial charge in [-0.05, 0) is 31.5 Å². The fourth-order valence-electron chi connectivity index (χ4n) is 0.617. The van der Waals surface area contributed by atoms with E-state index in [0.29, 0.717) is 0 Å². The first kappa shape index (κ1) is 6.72. The quantitative estimate of drug-likeness (QED) is 0.535. The van der Waals surface area contributed by atoms with Crippen molar-refractivity contribution in [1.29, 1.82) is 0 Å². The molecular weight excluding hydrogens is 124 g/mol. The second-order valence-electron chi connectivity index (χ2n) is 1.93. The third kappa shape index (κ3) is 1.54. The molecule has 1 rings (SSSR count). The first-order valence-electron chi connectivity index (χ1n) is 2.98. The van der Waals surface area contributed by atoms with E-state index in [1.54, 1.807) is 6.20 Å². The fraction of sp³-hybridized carbons (Fsp3) is 0.125. The molecule has 0 aliphatic rings. The number of aryl methyl sites for hydroxylation is 1. The monoisotopic (exact) mass is 132 g/mol. The molecule has 0 bridgehead atoms. The number of rotatable bonds is 1. The molecule has 0 radical (unpaired) electrons. The smallest absolute Gasteiger partial charge is 0.0912 e. The zero-order valence-corrected chi connectivity index (χ0v) is 5.83. The molecule has 0 saturated carbocycles. The lowest BCUT2D eigenvalue weighted by Gasteiger charge is -1.89. The van der Waals surface area contributed by atoms with E-state index >= 15 is 0 Å². The largest absolute Gasteiger partial charge is 0.259 e. The number of pyridine rings is 1. The summed E-state index contributed by atoms with van der Waals surface area (Å²) in [7, 11) is 0. The maximum Gasteiger partial charge on any atom is 0.0912 e. The standard InChI is InChI=1S/C8H8N2/c1-3-9-8-5-4-7(2)10-6-8/h4-6H,1H2,2H3. The summed E-state index contributed by atoms with van der Waals surface area (Å²) in [5.41, 5.74) is 1.78. The summed E-state index contributed by atoms with van der Waals surface area (Å²) >= 11 is 0. The van der Waals surface area contributed by atoms with Gasteiger partial charge in [0.15, 0.2) is 0 Å². The molecule has 0 unspecified atom stereocenters. The van der Waals surface area contributed by atoms with Crippen LogP contribution in [0.4, 0.5) is 5.69 Å². The molecule has 0 aliphatic carbocycles. The molecule has 0 amide bonds. The van der Waals surface area contributed by atoms with Crippen LogP contribution in [0.1, 0.15) is 5.69 Å². The molecule has 0 atom stereocenters. The van der Waals surface area contributed by atoms with E-state index in [0.717, 1.165) is 11.4 Å². The van der Waals surface area contributed by atoms with Crippen LogP contribution in [-0.2, 0) is 0 Å². The van der Waals surface area contributed by atoms with Crippen LogP contribution in [0.15, 0.2) is 29.9 Å². The van der Waals surface area contributed by atoms with Gasteiger partial charge in [-0.2, -0.15) is 0 Å². The van der Waals surface area contributed by atoms with E-state index in [1.807, 2.05) is 19.1 Å². The van der Waals surface area contributed by atoms with Gasteiger partial charge in [0.1, 0.15) is 0 Å². The van der Waals surface area contributed by atoms with Crippen molar-refractivity contribution in [3.8, 4) is 0 Å². The fourth-order valence-corrected chi connectivity index (χ4v) is 0.617. The van der Waals surface area contributed by atoms with Crippen LogP contribution in [0.3, 0.4) is 0 Å². The minimum atomic E-state index is 0.792. The average molecular weight is 132 g/mol. The van der Waals surface area contributed by atoms with E-state index in [4.69, 9.17) is 0 Å². The Bertz CT molecular complexity index is 255. The van der Waals surface area contributed by atoms with E-state index in [-0.39, 0.29) is 0 Å². The SMILES string of the molecule is C=C=Nc1ccc(C)nc1. The van der Waals surface area contributed by atoms with Gasteiger partial charge in [-0.25, -0.2) is 4.99 Å². The Morgan fingerprint density at radius 2 is 2.40 bits per heavy atom. The van der Waals surface area contributed by atoms with E-state index in [1.165, 1.54) is 0 Å². The summed E-state index contributed by atoms with van der Waals surface area (Å²) in [6, 6.07) is 3.77. The van der Waals surface area contributed by atoms with Gasteiger partial charge in [-0.15, -0.1) is 0 Å². The third-order valence-electron chi connectivity index (χ3n) is 1.10. The Balaban J connectivity index is 3.00. The number of hydrogen-bond donors (Lipinski definition) is 0. The molecule has 2 nitrogen and oxygen atoms in total. The molecular formula is C8H8N2. The molecule has 1 aromatic heterocycles. The van der Waals surface area contributed by atoms with Crippen molar-refractivity contribution < 1.29 is 0 Å². The molecule has 0 aromatic carbocycles. The lowest BCUT2D eigenvalue weighted by molar-refractivity contribution is 1.19. The molecule has 0 saturated heterocycles. The zero-order valence-electron chi connectivity index (χ0n) is 5.83. The highest BCUT2D eigenvalue weighted by atomic mass is 14.8. The zero-order chi connectivity index (χ0) is 7.40. The van der Waals surface area contributed by atoms with Gasteiger partial charge in [0, 0.05) is 5.69 Å². The maximum absolute atomic E-state index is 4.04. The summed E-state index contributed by atoms with van der Waals surface area (Å²) in [6.45, 7) is 5.29. The Labute approximate surface area is 60.0 Å². The van der Waals surface area contributed by atoms with Crippen LogP contribution in [-0.4, -0.2) is 10.9 Å². The summed E-state index contributed by atoms with van der Waals surface area (Å²) < 4.78 is 0. The van der Waals surface area contributed by atoms with Gasteiger partial charge in [0.2, 0.25) is 0 Å². The lowest BCUT2D eigenvalue weighted by atomic mass is 10.3. The molecule has 0 spiro atoms. The second kappa shape index (κ2) is 2.95. The average Bonchev–Trinajstić information content (AvgIpc) is 1.95. The van der Waals surface area contributed by atoms with Gasteiger partial charge < -0.3 is 0 Å². The van der Waals surface area contributed by atoms with Crippen molar-refractivity contribution in [3.63, 3.8) is 0 Å². The lowest BCUT2D eigenvalue weighted by Crippen LogP contribution is -1.75. The van der Waals surface area contributed by atoms with Gasteiger partial charge in [0.25, 0.3) is 0 Å². The number of aromatic nitrogens is 1. The molecule has 0 N–H and O–H groups in total. The van der Waals surface area contributed by atoms with Gasteiger partial charge in [-0.3, -0.25) is 4.98 Å². The molecule has 50 valence electrons. The molecule has 1 heterocycles. The molecule has 1 aromatic rings. The molecule has 2 heteroatoms. The molecule has 0 fully saturated rings. The predicted octanol–water partition coefficient (Wildman–Crippen LogP) is 1.88. The minimum absolute atomic E-state index is 0.792. The summed E-state index contributed by atoms with van der Waals surface area (Å²) in [4.78, 5) is 7.86. The number of nitrogens with zero attached hydrogens (tertiary/aromatic N) is 2. The molecule has 10 heavy (non-hydrogen) atoms. The van der Waals surface area contributed by atoms with Crippen molar-refractivity contribution in [1.82, 2.24) is 4.98 Å². The van der Waals surface area contributed by atoms with Crippen LogP contribution in [0.5, 0.6) is 0 Å². The highest BCUT2D eigenvalue weighted by Gasteiger charge is 1.85. The van der Waals surface area contributed by atoms with Crippen LogP contribution in [0, 0.1) is 6.92 Å². The van der Waals surface area contributed by atoms with Crippen LogP contribution in [0.2, 0.25) is 0 Å². The van der Waals surface area contributed by atoms with Crippen molar-refractivity contribution in [3.05, 3.63) is 30.6 Å². The Kier molecular flexibility index (Phi) is 1.98. The van der Waals surface area contributed by atoms with Crippen molar-refractivity contribution >= 4 is 11.6 Å². The van der Waals surface area contributed by atoms with Crippen LogP contribution < -0.4 is 0 Å². The predicted molar refractivity (Wildman–Crippen MR) is 41.7 cm³/mol. The van der Waals surface area contributed by atoms with Gasteiger partial charge in [0.05, 0.1) is 11.9 Å². The van der Waals surface area contributed by atoms with Crippen molar-refractivity contribution in [2.45, 2.75) is 6.92 Å². The summed E-state index contributed by atoms with van der Waals surface area (Å²) in [6.07, 6.45) is 1.69.